The third-order valence-electron chi connectivity index (χ3n) is 5.96. The van der Waals surface area contributed by atoms with Gasteiger partial charge in [-0.05, 0) is 51.0 Å². The Morgan fingerprint density at radius 2 is 1.81 bits per heavy atom. The van der Waals surface area contributed by atoms with Crippen LogP contribution < -0.4 is 0 Å². The van der Waals surface area contributed by atoms with E-state index in [1.165, 1.54) is 32.6 Å². The van der Waals surface area contributed by atoms with Gasteiger partial charge in [-0.3, -0.25) is 9.59 Å². The van der Waals surface area contributed by atoms with Gasteiger partial charge in [0, 0.05) is 24.3 Å². The normalized spacial score (nSPS) is 22.7. The number of aromatic nitrogens is 1. The first kappa shape index (κ1) is 18.7. The molecule has 1 aliphatic heterocycles. The smallest absolute Gasteiger partial charge is 0.355 e. The van der Waals surface area contributed by atoms with Crippen LogP contribution >= 0.6 is 0 Å². The molecule has 0 radical (unpaired) electrons. The number of hydrogen-bond donors (Lipinski definition) is 1. The van der Waals surface area contributed by atoms with E-state index in [9.17, 15) is 14.4 Å². The zero-order valence-corrected chi connectivity index (χ0v) is 15.9. The molecule has 6 nitrogen and oxygen atoms in total. The predicted molar refractivity (Wildman–Crippen MR) is 97.2 cm³/mol. The number of aromatic amines is 1. The van der Waals surface area contributed by atoms with Crippen molar-refractivity contribution in [3.63, 3.8) is 0 Å². The van der Waals surface area contributed by atoms with Crippen LogP contribution in [-0.2, 0) is 9.53 Å². The van der Waals surface area contributed by atoms with Crippen LogP contribution in [-0.4, -0.2) is 47.2 Å². The second-order valence-electron chi connectivity index (χ2n) is 7.69. The van der Waals surface area contributed by atoms with Crippen molar-refractivity contribution in [1.82, 2.24) is 9.88 Å². The van der Waals surface area contributed by atoms with Gasteiger partial charge in [-0.25, -0.2) is 4.79 Å². The van der Waals surface area contributed by atoms with Gasteiger partial charge in [0.2, 0.25) is 0 Å². The maximum atomic E-state index is 12.5. The van der Waals surface area contributed by atoms with E-state index < -0.39 is 5.97 Å². The number of aryl methyl sites for hydroxylation is 1. The number of H-pyrrole nitrogens is 1. The maximum Gasteiger partial charge on any atom is 0.355 e. The number of likely N-dealkylation sites (tertiary alicyclic amines) is 1. The SMILES string of the molecule is CC(=O)c1c(C)[nH]c(C(=O)OCC(=O)N2CC[C@@H]3CCCC[C@@H]3C2)c1C. The van der Waals surface area contributed by atoms with Gasteiger partial charge in [0.05, 0.1) is 0 Å². The highest BCUT2D eigenvalue weighted by molar-refractivity contribution is 6.01. The lowest BCUT2D eigenvalue weighted by Crippen LogP contribution is -2.46. The number of fused-ring (bicyclic) bond motifs is 1. The van der Waals surface area contributed by atoms with Crippen molar-refractivity contribution in [2.75, 3.05) is 19.7 Å². The molecular weight excluding hydrogens is 332 g/mol. The van der Waals surface area contributed by atoms with Gasteiger partial charge in [0.15, 0.2) is 12.4 Å². The van der Waals surface area contributed by atoms with Crippen LogP contribution in [0.3, 0.4) is 0 Å². The minimum atomic E-state index is -0.584. The molecule has 1 saturated carbocycles. The summed E-state index contributed by atoms with van der Waals surface area (Å²) in [6.07, 6.45) is 6.10. The third kappa shape index (κ3) is 3.69. The molecule has 1 saturated heterocycles. The molecule has 2 atom stereocenters. The Morgan fingerprint density at radius 1 is 1.12 bits per heavy atom. The molecule has 1 aliphatic carbocycles. The topological polar surface area (TPSA) is 79.5 Å². The molecule has 1 aromatic rings. The average Bonchev–Trinajstić information content (AvgIpc) is 2.93. The summed E-state index contributed by atoms with van der Waals surface area (Å²) in [6.45, 7) is 6.23. The first-order valence-electron chi connectivity index (χ1n) is 9.53. The number of carbonyl (C=O) groups is 3. The fraction of sp³-hybridized carbons (Fsp3) is 0.650. The van der Waals surface area contributed by atoms with Crippen molar-refractivity contribution >= 4 is 17.7 Å². The van der Waals surface area contributed by atoms with E-state index in [-0.39, 0.29) is 24.0 Å². The lowest BCUT2D eigenvalue weighted by molar-refractivity contribution is -0.137. The number of ketones is 1. The van der Waals surface area contributed by atoms with Crippen LogP contribution in [0.2, 0.25) is 0 Å². The first-order chi connectivity index (χ1) is 12.4. The molecule has 2 heterocycles. The Balaban J connectivity index is 1.57. The number of amides is 1. The zero-order valence-electron chi connectivity index (χ0n) is 15.9. The molecular formula is C20H28N2O4. The number of rotatable bonds is 4. The second kappa shape index (κ2) is 7.64. The number of esters is 1. The van der Waals surface area contributed by atoms with Crippen LogP contribution in [0, 0.1) is 25.7 Å². The Bertz CT molecular complexity index is 722. The second-order valence-corrected chi connectivity index (χ2v) is 7.69. The fourth-order valence-electron chi connectivity index (χ4n) is 4.60. The summed E-state index contributed by atoms with van der Waals surface area (Å²) in [5.74, 6) is 0.546. The summed E-state index contributed by atoms with van der Waals surface area (Å²) < 4.78 is 5.24. The van der Waals surface area contributed by atoms with Gasteiger partial charge in [0.25, 0.3) is 5.91 Å². The number of nitrogens with zero attached hydrogens (tertiary/aromatic N) is 1. The summed E-state index contributed by atoms with van der Waals surface area (Å²) in [5.41, 5.74) is 2.00. The Kier molecular flexibility index (Phi) is 5.49. The lowest BCUT2D eigenvalue weighted by atomic mass is 9.75. The summed E-state index contributed by atoms with van der Waals surface area (Å²) in [4.78, 5) is 41.2. The fourth-order valence-corrected chi connectivity index (χ4v) is 4.60. The number of carbonyl (C=O) groups excluding carboxylic acids is 3. The number of ether oxygens (including phenoxy) is 1. The van der Waals surface area contributed by atoms with Crippen molar-refractivity contribution in [2.24, 2.45) is 11.8 Å². The van der Waals surface area contributed by atoms with Gasteiger partial charge < -0.3 is 14.6 Å². The van der Waals surface area contributed by atoms with Gasteiger partial charge in [-0.1, -0.05) is 19.3 Å². The van der Waals surface area contributed by atoms with Crippen molar-refractivity contribution in [3.05, 3.63) is 22.5 Å². The molecule has 0 bridgehead atoms. The van der Waals surface area contributed by atoms with Crippen LogP contribution in [0.5, 0.6) is 0 Å². The molecule has 1 amide bonds. The summed E-state index contributed by atoms with van der Waals surface area (Å²) in [7, 11) is 0. The predicted octanol–water partition coefficient (Wildman–Crippen LogP) is 3.03. The highest BCUT2D eigenvalue weighted by Gasteiger charge is 2.33. The molecule has 3 rings (SSSR count). The van der Waals surface area contributed by atoms with Crippen molar-refractivity contribution in [2.45, 2.75) is 52.9 Å². The highest BCUT2D eigenvalue weighted by Crippen LogP contribution is 2.36. The number of piperidine rings is 1. The summed E-state index contributed by atoms with van der Waals surface area (Å²) in [6, 6.07) is 0. The molecule has 0 spiro atoms. The molecule has 2 aliphatic rings. The lowest BCUT2D eigenvalue weighted by Gasteiger charge is -2.41. The van der Waals surface area contributed by atoms with Crippen LogP contribution in [0.15, 0.2) is 0 Å². The standard InChI is InChI=1S/C20H28N2O4/c1-12-18(14(3)23)13(2)21-19(12)20(25)26-11-17(24)22-9-8-15-6-4-5-7-16(15)10-22/h15-16,21H,4-11H2,1-3H3/t15-,16+/m0/s1. The van der Waals surface area contributed by atoms with E-state index in [0.29, 0.717) is 22.7 Å². The molecule has 0 aromatic carbocycles. The van der Waals surface area contributed by atoms with E-state index in [2.05, 4.69) is 4.98 Å². The van der Waals surface area contributed by atoms with Gasteiger partial charge in [-0.2, -0.15) is 0 Å². The van der Waals surface area contributed by atoms with E-state index >= 15 is 0 Å². The Hall–Kier alpha value is -2.11. The molecule has 142 valence electrons. The van der Waals surface area contributed by atoms with E-state index in [0.717, 1.165) is 25.4 Å². The molecule has 1 aromatic heterocycles. The maximum absolute atomic E-state index is 12.5. The number of nitrogens with one attached hydrogen (secondary N) is 1. The molecule has 2 fully saturated rings. The van der Waals surface area contributed by atoms with Crippen LogP contribution in [0.1, 0.15) is 71.1 Å². The molecule has 1 N–H and O–H groups in total. The third-order valence-corrected chi connectivity index (χ3v) is 5.96. The van der Waals surface area contributed by atoms with Gasteiger partial charge in [0.1, 0.15) is 5.69 Å². The van der Waals surface area contributed by atoms with E-state index in [1.807, 2.05) is 4.90 Å². The minimum absolute atomic E-state index is 0.0956. The van der Waals surface area contributed by atoms with Gasteiger partial charge in [-0.15, -0.1) is 0 Å². The zero-order chi connectivity index (χ0) is 18.8. The summed E-state index contributed by atoms with van der Waals surface area (Å²) >= 11 is 0. The average molecular weight is 360 g/mol. The van der Waals surface area contributed by atoms with E-state index in [4.69, 9.17) is 4.74 Å². The van der Waals surface area contributed by atoms with E-state index in [1.54, 1.807) is 13.8 Å². The Morgan fingerprint density at radius 3 is 2.46 bits per heavy atom. The molecule has 0 unspecified atom stereocenters. The van der Waals surface area contributed by atoms with Gasteiger partial charge >= 0.3 is 5.97 Å². The Labute approximate surface area is 154 Å². The van der Waals surface area contributed by atoms with Crippen molar-refractivity contribution in [1.29, 1.82) is 0 Å². The number of hydrogen-bond acceptors (Lipinski definition) is 4. The minimum Gasteiger partial charge on any atom is -0.451 e. The first-order valence-corrected chi connectivity index (χ1v) is 9.53. The highest BCUT2D eigenvalue weighted by atomic mass is 16.5. The van der Waals surface area contributed by atoms with Crippen LogP contribution in [0.4, 0.5) is 0 Å². The quantitative estimate of drug-likeness (QED) is 0.661. The molecule has 26 heavy (non-hydrogen) atoms. The monoisotopic (exact) mass is 360 g/mol. The van der Waals surface area contributed by atoms with Crippen LogP contribution in [0.25, 0.3) is 0 Å². The largest absolute Gasteiger partial charge is 0.451 e. The number of Topliss-reactive ketones (excluding diaryl/α,β-unsaturated/α-hetero) is 1. The summed E-state index contributed by atoms with van der Waals surface area (Å²) in [5, 5.41) is 0. The van der Waals surface area contributed by atoms with Crippen molar-refractivity contribution in [3.8, 4) is 0 Å². The molecule has 6 heteroatoms. The van der Waals surface area contributed by atoms with Crippen molar-refractivity contribution < 1.29 is 19.1 Å².